The third kappa shape index (κ3) is 4.62. The van der Waals surface area contributed by atoms with Crippen molar-refractivity contribution in [1.82, 2.24) is 4.72 Å². The van der Waals surface area contributed by atoms with E-state index in [4.69, 9.17) is 0 Å². The number of rotatable bonds is 5. The maximum absolute atomic E-state index is 12.2. The van der Waals surface area contributed by atoms with E-state index in [0.717, 1.165) is 18.4 Å². The van der Waals surface area contributed by atoms with E-state index >= 15 is 0 Å². The molecule has 1 aromatic rings. The molecule has 0 saturated heterocycles. The molecule has 1 aliphatic rings. The molecule has 1 fully saturated rings. The third-order valence-electron chi connectivity index (χ3n) is 3.84. The summed E-state index contributed by atoms with van der Waals surface area (Å²) >= 11 is 0. The molecule has 0 bridgehead atoms. The fraction of sp³-hybridized carbons (Fsp3) is 0.600. The highest BCUT2D eigenvalue weighted by molar-refractivity contribution is 7.89. The van der Waals surface area contributed by atoms with Crippen molar-refractivity contribution in [1.29, 1.82) is 0 Å². The lowest BCUT2D eigenvalue weighted by Gasteiger charge is -2.22. The molecule has 0 aromatic heterocycles. The van der Waals surface area contributed by atoms with E-state index in [2.05, 4.69) is 4.72 Å². The summed E-state index contributed by atoms with van der Waals surface area (Å²) < 4.78 is 27.1. The predicted octanol–water partition coefficient (Wildman–Crippen LogP) is 3.25. The highest BCUT2D eigenvalue weighted by atomic mass is 32.2. The molecule has 1 saturated carbocycles. The van der Waals surface area contributed by atoms with E-state index in [1.54, 1.807) is 0 Å². The predicted molar refractivity (Wildman–Crippen MR) is 78.4 cm³/mol. The van der Waals surface area contributed by atoms with Crippen LogP contribution in [0.3, 0.4) is 0 Å². The molecule has 4 heteroatoms. The summed E-state index contributed by atoms with van der Waals surface area (Å²) in [5.74, 6) is 0.624. The first-order valence-corrected chi connectivity index (χ1v) is 8.77. The number of hydrogen-bond acceptors (Lipinski definition) is 2. The lowest BCUT2D eigenvalue weighted by molar-refractivity contribution is 0.383. The summed E-state index contributed by atoms with van der Waals surface area (Å²) in [4.78, 5) is 0. The minimum atomic E-state index is -3.18. The molecule has 0 spiro atoms. The second kappa shape index (κ2) is 6.53. The molecule has 0 heterocycles. The molecule has 19 heavy (non-hydrogen) atoms. The molecule has 0 amide bonds. The SMILES string of the molecule is CC(NS(=O)(=O)CC1CCCCC1)c1ccccc1. The van der Waals surface area contributed by atoms with Gasteiger partial charge in [-0.1, -0.05) is 49.6 Å². The fourth-order valence-corrected chi connectivity index (χ4v) is 4.52. The van der Waals surface area contributed by atoms with Gasteiger partial charge in [0.25, 0.3) is 0 Å². The van der Waals surface area contributed by atoms with Crippen LogP contribution in [0.25, 0.3) is 0 Å². The molecule has 106 valence electrons. The van der Waals surface area contributed by atoms with Crippen molar-refractivity contribution in [2.45, 2.75) is 45.1 Å². The molecule has 1 aromatic carbocycles. The Morgan fingerprint density at radius 2 is 1.79 bits per heavy atom. The Bertz CT molecular complexity index is 478. The van der Waals surface area contributed by atoms with Crippen LogP contribution in [0.5, 0.6) is 0 Å². The first kappa shape index (κ1) is 14.5. The van der Waals surface area contributed by atoms with Crippen molar-refractivity contribution >= 4 is 10.0 Å². The normalized spacial score (nSPS) is 19.2. The van der Waals surface area contributed by atoms with Gasteiger partial charge in [-0.3, -0.25) is 0 Å². The number of sulfonamides is 1. The van der Waals surface area contributed by atoms with E-state index in [1.807, 2.05) is 37.3 Å². The van der Waals surface area contributed by atoms with Crippen LogP contribution in [0.15, 0.2) is 30.3 Å². The van der Waals surface area contributed by atoms with Crippen LogP contribution >= 0.6 is 0 Å². The molecule has 1 aliphatic carbocycles. The molecule has 1 atom stereocenters. The van der Waals surface area contributed by atoms with Crippen LogP contribution in [-0.2, 0) is 10.0 Å². The van der Waals surface area contributed by atoms with Gasteiger partial charge in [0.2, 0.25) is 10.0 Å². The van der Waals surface area contributed by atoms with Gasteiger partial charge < -0.3 is 0 Å². The largest absolute Gasteiger partial charge is 0.212 e. The zero-order valence-electron chi connectivity index (χ0n) is 11.5. The number of benzene rings is 1. The zero-order chi connectivity index (χ0) is 13.7. The van der Waals surface area contributed by atoms with Gasteiger partial charge in [-0.2, -0.15) is 0 Å². The summed E-state index contributed by atoms with van der Waals surface area (Å²) in [6, 6.07) is 9.55. The summed E-state index contributed by atoms with van der Waals surface area (Å²) in [5.41, 5.74) is 1.01. The van der Waals surface area contributed by atoms with Gasteiger partial charge in [-0.15, -0.1) is 0 Å². The Labute approximate surface area is 116 Å². The maximum atomic E-state index is 12.2. The standard InChI is InChI=1S/C15H23NO2S/c1-13(15-10-6-3-7-11-15)16-19(17,18)12-14-8-4-2-5-9-14/h3,6-7,10-11,13-14,16H,2,4-5,8-9,12H2,1H3. The van der Waals surface area contributed by atoms with Crippen molar-refractivity contribution in [3.63, 3.8) is 0 Å². The van der Waals surface area contributed by atoms with Gasteiger partial charge >= 0.3 is 0 Å². The van der Waals surface area contributed by atoms with Crippen LogP contribution in [0.2, 0.25) is 0 Å². The maximum Gasteiger partial charge on any atom is 0.212 e. The lowest BCUT2D eigenvalue weighted by atomic mass is 9.91. The minimum absolute atomic E-state index is 0.158. The molecular formula is C15H23NO2S. The summed E-state index contributed by atoms with van der Waals surface area (Å²) in [6.45, 7) is 1.90. The van der Waals surface area contributed by atoms with Crippen molar-refractivity contribution < 1.29 is 8.42 Å². The molecular weight excluding hydrogens is 258 g/mol. The first-order valence-electron chi connectivity index (χ1n) is 7.12. The molecule has 1 N–H and O–H groups in total. The van der Waals surface area contributed by atoms with Crippen LogP contribution in [0, 0.1) is 5.92 Å². The summed E-state index contributed by atoms with van der Waals surface area (Å²) in [5, 5.41) is 0. The third-order valence-corrected chi connectivity index (χ3v) is 5.46. The molecule has 0 radical (unpaired) electrons. The zero-order valence-corrected chi connectivity index (χ0v) is 12.3. The Balaban J connectivity index is 1.93. The van der Waals surface area contributed by atoms with Crippen molar-refractivity contribution in [3.05, 3.63) is 35.9 Å². The van der Waals surface area contributed by atoms with Crippen molar-refractivity contribution in [2.24, 2.45) is 5.92 Å². The average Bonchev–Trinajstić information content (AvgIpc) is 2.39. The fourth-order valence-electron chi connectivity index (χ4n) is 2.79. The van der Waals surface area contributed by atoms with E-state index in [-0.39, 0.29) is 11.8 Å². The monoisotopic (exact) mass is 281 g/mol. The Kier molecular flexibility index (Phi) is 4.99. The molecule has 2 rings (SSSR count). The topological polar surface area (TPSA) is 46.2 Å². The van der Waals surface area contributed by atoms with Crippen LogP contribution in [0.4, 0.5) is 0 Å². The molecule has 3 nitrogen and oxygen atoms in total. The van der Waals surface area contributed by atoms with Gasteiger partial charge in [0, 0.05) is 6.04 Å². The van der Waals surface area contributed by atoms with Gasteiger partial charge in [0.15, 0.2) is 0 Å². The van der Waals surface area contributed by atoms with Crippen molar-refractivity contribution in [2.75, 3.05) is 5.75 Å². The van der Waals surface area contributed by atoms with Gasteiger partial charge in [-0.05, 0) is 31.2 Å². The van der Waals surface area contributed by atoms with Gasteiger partial charge in [-0.25, -0.2) is 13.1 Å². The Morgan fingerprint density at radius 1 is 1.16 bits per heavy atom. The highest BCUT2D eigenvalue weighted by Gasteiger charge is 2.22. The summed E-state index contributed by atoms with van der Waals surface area (Å²) in [7, 11) is -3.18. The number of nitrogens with one attached hydrogen (secondary N) is 1. The van der Waals surface area contributed by atoms with Gasteiger partial charge in [0.1, 0.15) is 0 Å². The van der Waals surface area contributed by atoms with Crippen LogP contribution < -0.4 is 4.72 Å². The summed E-state index contributed by atoms with van der Waals surface area (Å²) in [6.07, 6.45) is 5.72. The van der Waals surface area contributed by atoms with Crippen molar-refractivity contribution in [3.8, 4) is 0 Å². The van der Waals surface area contributed by atoms with E-state index in [9.17, 15) is 8.42 Å². The van der Waals surface area contributed by atoms with E-state index < -0.39 is 10.0 Å². The second-order valence-electron chi connectivity index (χ2n) is 5.54. The Morgan fingerprint density at radius 3 is 2.42 bits per heavy atom. The van der Waals surface area contributed by atoms with E-state index in [0.29, 0.717) is 5.92 Å². The van der Waals surface area contributed by atoms with Crippen LogP contribution in [-0.4, -0.2) is 14.2 Å². The smallest absolute Gasteiger partial charge is 0.212 e. The molecule has 1 unspecified atom stereocenters. The van der Waals surface area contributed by atoms with E-state index in [1.165, 1.54) is 19.3 Å². The molecule has 0 aliphatic heterocycles. The Hall–Kier alpha value is -0.870. The highest BCUT2D eigenvalue weighted by Crippen LogP contribution is 2.25. The lowest BCUT2D eigenvalue weighted by Crippen LogP contribution is -2.32. The van der Waals surface area contributed by atoms with Gasteiger partial charge in [0.05, 0.1) is 5.75 Å². The van der Waals surface area contributed by atoms with Crippen LogP contribution in [0.1, 0.15) is 50.6 Å². The quantitative estimate of drug-likeness (QED) is 0.900. The second-order valence-corrected chi connectivity index (χ2v) is 7.33. The minimum Gasteiger partial charge on any atom is -0.212 e. The number of hydrogen-bond donors (Lipinski definition) is 1. The average molecular weight is 281 g/mol. The first-order chi connectivity index (χ1) is 9.07.